The van der Waals surface area contributed by atoms with Gasteiger partial charge in [0.1, 0.15) is 5.75 Å². The number of methoxy groups -OCH3 is 1. The normalized spacial score (nSPS) is 10.7. The van der Waals surface area contributed by atoms with Crippen molar-refractivity contribution in [1.29, 1.82) is 0 Å². The quantitative estimate of drug-likeness (QED) is 0.746. The first-order valence-corrected chi connectivity index (χ1v) is 5.47. The summed E-state index contributed by atoms with van der Waals surface area (Å²) in [5.74, 6) is 1.41. The molecule has 0 aliphatic carbocycles. The first kappa shape index (κ1) is 10.6. The van der Waals surface area contributed by atoms with Gasteiger partial charge in [0.2, 0.25) is 0 Å². The van der Waals surface area contributed by atoms with Crippen LogP contribution in [0.4, 0.5) is 0 Å². The highest BCUT2D eigenvalue weighted by molar-refractivity contribution is 5.62. The fourth-order valence-electron chi connectivity index (χ4n) is 1.78. The van der Waals surface area contributed by atoms with E-state index in [4.69, 9.17) is 4.74 Å². The number of aromatic nitrogens is 3. The van der Waals surface area contributed by atoms with Crippen LogP contribution < -0.4 is 4.74 Å². The van der Waals surface area contributed by atoms with Gasteiger partial charge in [-0.15, -0.1) is 5.10 Å². The lowest BCUT2D eigenvalue weighted by atomic mass is 10.2. The van der Waals surface area contributed by atoms with E-state index < -0.39 is 0 Å². The summed E-state index contributed by atoms with van der Waals surface area (Å²) in [5, 5.41) is 14.0. The van der Waals surface area contributed by atoms with E-state index in [0.717, 1.165) is 11.3 Å². The fraction of sp³-hybridized carbons (Fsp3) is 0.0769. The third-order valence-electron chi connectivity index (χ3n) is 2.67. The van der Waals surface area contributed by atoms with Crippen molar-refractivity contribution in [1.82, 2.24) is 14.6 Å². The number of pyridine rings is 1. The summed E-state index contributed by atoms with van der Waals surface area (Å²) in [6, 6.07) is 10.8. The Balaban J connectivity index is 2.16. The zero-order valence-corrected chi connectivity index (χ0v) is 9.74. The zero-order valence-electron chi connectivity index (χ0n) is 9.74. The van der Waals surface area contributed by atoms with E-state index in [1.807, 2.05) is 24.3 Å². The summed E-state index contributed by atoms with van der Waals surface area (Å²) in [6.45, 7) is 0. The lowest BCUT2D eigenvalue weighted by Gasteiger charge is -2.00. The van der Waals surface area contributed by atoms with Gasteiger partial charge in [0.25, 0.3) is 0 Å². The number of fused-ring (bicyclic) bond motifs is 1. The molecule has 2 heterocycles. The molecule has 90 valence electrons. The van der Waals surface area contributed by atoms with Crippen LogP contribution in [0.15, 0.2) is 42.6 Å². The summed E-state index contributed by atoms with van der Waals surface area (Å²) < 4.78 is 6.71. The highest BCUT2D eigenvalue weighted by Crippen LogP contribution is 2.23. The van der Waals surface area contributed by atoms with Gasteiger partial charge < -0.3 is 9.84 Å². The van der Waals surface area contributed by atoms with Gasteiger partial charge in [-0.1, -0.05) is 12.1 Å². The van der Waals surface area contributed by atoms with Crippen LogP contribution in [0.1, 0.15) is 0 Å². The Morgan fingerprint density at radius 2 is 2.11 bits per heavy atom. The topological polar surface area (TPSA) is 59.7 Å². The molecular formula is C13H11N3O2. The second kappa shape index (κ2) is 4.03. The van der Waals surface area contributed by atoms with Gasteiger partial charge in [0, 0.05) is 11.8 Å². The first-order valence-electron chi connectivity index (χ1n) is 5.47. The molecule has 0 radical (unpaired) electrons. The average molecular weight is 241 g/mol. The van der Waals surface area contributed by atoms with E-state index in [-0.39, 0.29) is 5.75 Å². The minimum atomic E-state index is 0.110. The van der Waals surface area contributed by atoms with E-state index >= 15 is 0 Å². The molecule has 2 aromatic heterocycles. The molecule has 0 fully saturated rings. The Morgan fingerprint density at radius 3 is 2.89 bits per heavy atom. The van der Waals surface area contributed by atoms with Crippen LogP contribution >= 0.6 is 0 Å². The van der Waals surface area contributed by atoms with E-state index in [1.54, 1.807) is 30.0 Å². The molecular weight excluding hydrogens is 230 g/mol. The van der Waals surface area contributed by atoms with Crippen molar-refractivity contribution in [3.8, 4) is 22.9 Å². The molecule has 0 aliphatic heterocycles. The highest BCUT2D eigenvalue weighted by atomic mass is 16.5. The molecule has 5 nitrogen and oxygen atoms in total. The number of hydrogen-bond acceptors (Lipinski definition) is 4. The van der Waals surface area contributed by atoms with Gasteiger partial charge in [0.15, 0.2) is 17.2 Å². The molecule has 0 bridgehead atoms. The van der Waals surface area contributed by atoms with Crippen molar-refractivity contribution in [2.75, 3.05) is 7.11 Å². The number of rotatable bonds is 2. The Kier molecular flexibility index (Phi) is 2.37. The number of ether oxygens (including phenoxy) is 1. The molecule has 18 heavy (non-hydrogen) atoms. The van der Waals surface area contributed by atoms with Gasteiger partial charge in [0.05, 0.1) is 7.11 Å². The van der Waals surface area contributed by atoms with Crippen molar-refractivity contribution < 1.29 is 9.84 Å². The van der Waals surface area contributed by atoms with Crippen molar-refractivity contribution >= 4 is 5.65 Å². The minimum absolute atomic E-state index is 0.110. The minimum Gasteiger partial charge on any atom is -0.504 e. The molecule has 0 unspecified atom stereocenters. The molecule has 3 rings (SSSR count). The predicted molar refractivity (Wildman–Crippen MR) is 66.6 cm³/mol. The second-order valence-corrected chi connectivity index (χ2v) is 3.83. The monoisotopic (exact) mass is 241 g/mol. The van der Waals surface area contributed by atoms with Crippen LogP contribution in [-0.2, 0) is 0 Å². The zero-order chi connectivity index (χ0) is 12.5. The summed E-state index contributed by atoms with van der Waals surface area (Å²) >= 11 is 0. The van der Waals surface area contributed by atoms with Crippen LogP contribution in [0.25, 0.3) is 17.0 Å². The lowest BCUT2D eigenvalue weighted by molar-refractivity contribution is 0.415. The summed E-state index contributed by atoms with van der Waals surface area (Å²) in [7, 11) is 1.61. The van der Waals surface area contributed by atoms with Crippen molar-refractivity contribution in [2.45, 2.75) is 0 Å². The van der Waals surface area contributed by atoms with Crippen LogP contribution in [-0.4, -0.2) is 26.8 Å². The number of nitrogens with zero attached hydrogens (tertiary/aromatic N) is 3. The largest absolute Gasteiger partial charge is 0.504 e. The van der Waals surface area contributed by atoms with E-state index in [1.165, 1.54) is 0 Å². The van der Waals surface area contributed by atoms with Gasteiger partial charge in [-0.25, -0.2) is 9.50 Å². The maximum atomic E-state index is 9.68. The molecule has 0 saturated heterocycles. The molecule has 1 aromatic carbocycles. The average Bonchev–Trinajstić information content (AvgIpc) is 2.84. The van der Waals surface area contributed by atoms with Gasteiger partial charge in [-0.3, -0.25) is 0 Å². The third-order valence-corrected chi connectivity index (χ3v) is 2.67. The first-order chi connectivity index (χ1) is 8.78. The van der Waals surface area contributed by atoms with E-state index in [2.05, 4.69) is 10.1 Å². The maximum absolute atomic E-state index is 9.68. The lowest BCUT2D eigenvalue weighted by Crippen LogP contribution is -1.87. The van der Waals surface area contributed by atoms with Crippen LogP contribution in [0.5, 0.6) is 11.5 Å². The molecule has 0 saturated carbocycles. The van der Waals surface area contributed by atoms with Gasteiger partial charge >= 0.3 is 0 Å². The smallest absolute Gasteiger partial charge is 0.198 e. The van der Waals surface area contributed by atoms with Crippen molar-refractivity contribution in [2.24, 2.45) is 0 Å². The SMILES string of the molecule is COc1cccc(-c2nc3c(O)cccn3n2)c1. The Labute approximate surface area is 103 Å². The molecule has 0 spiro atoms. The molecule has 0 aliphatic rings. The maximum Gasteiger partial charge on any atom is 0.198 e. The Morgan fingerprint density at radius 1 is 1.22 bits per heavy atom. The van der Waals surface area contributed by atoms with Crippen molar-refractivity contribution in [3.63, 3.8) is 0 Å². The summed E-state index contributed by atoms with van der Waals surface area (Å²) in [5.41, 5.74) is 1.28. The second-order valence-electron chi connectivity index (χ2n) is 3.83. The number of aromatic hydroxyl groups is 1. The van der Waals surface area contributed by atoms with E-state index in [9.17, 15) is 5.11 Å². The third kappa shape index (κ3) is 1.66. The fourth-order valence-corrected chi connectivity index (χ4v) is 1.78. The standard InChI is InChI=1S/C13H11N3O2/c1-18-10-5-2-4-9(8-10)12-14-13-11(17)6-3-7-16(13)15-12/h2-8,17H,1H3. The predicted octanol–water partition coefficient (Wildman–Crippen LogP) is 2.11. The summed E-state index contributed by atoms with van der Waals surface area (Å²) in [6.07, 6.45) is 1.74. The van der Waals surface area contributed by atoms with Crippen molar-refractivity contribution in [3.05, 3.63) is 42.6 Å². The van der Waals surface area contributed by atoms with Crippen LogP contribution in [0.3, 0.4) is 0 Å². The summed E-state index contributed by atoms with van der Waals surface area (Å²) in [4.78, 5) is 4.30. The Bertz CT molecular complexity index is 706. The van der Waals surface area contributed by atoms with Gasteiger partial charge in [-0.2, -0.15) is 0 Å². The molecule has 3 aromatic rings. The molecule has 1 N–H and O–H groups in total. The molecule has 0 amide bonds. The molecule has 5 heteroatoms. The van der Waals surface area contributed by atoms with Crippen LogP contribution in [0.2, 0.25) is 0 Å². The number of benzene rings is 1. The molecule has 0 atom stereocenters. The van der Waals surface area contributed by atoms with Crippen LogP contribution in [0, 0.1) is 0 Å². The number of hydrogen-bond donors (Lipinski definition) is 1. The van der Waals surface area contributed by atoms with Gasteiger partial charge in [-0.05, 0) is 24.3 Å². The highest BCUT2D eigenvalue weighted by Gasteiger charge is 2.09. The Hall–Kier alpha value is -2.56. The van der Waals surface area contributed by atoms with E-state index in [0.29, 0.717) is 11.5 Å².